The largest absolute Gasteiger partial charge is 0.497 e. The summed E-state index contributed by atoms with van der Waals surface area (Å²) in [7, 11) is 3.31. The third kappa shape index (κ3) is 5.46. The molecule has 1 unspecified atom stereocenters. The predicted octanol–water partition coefficient (Wildman–Crippen LogP) is 2.50. The number of nitrogens with one attached hydrogen (secondary N) is 2. The fourth-order valence-electron chi connectivity index (χ4n) is 3.44. The van der Waals surface area contributed by atoms with Crippen LogP contribution in [0.5, 0.6) is 5.75 Å². The molecule has 0 spiro atoms. The first-order valence-corrected chi connectivity index (χ1v) is 9.64. The highest BCUT2D eigenvalue weighted by atomic mass is 16.5. The van der Waals surface area contributed by atoms with Crippen LogP contribution in [0.3, 0.4) is 0 Å². The fraction of sp³-hybridized carbons (Fsp3) is 0.500. The first kappa shape index (κ1) is 20.2. The minimum Gasteiger partial charge on any atom is -0.497 e. The smallest absolute Gasteiger partial charge is 0.319 e. The average Bonchev–Trinajstić information content (AvgIpc) is 3.39. The molecule has 0 bridgehead atoms. The summed E-state index contributed by atoms with van der Waals surface area (Å²) in [4.78, 5) is 14.8. The molecule has 152 valence electrons. The second-order valence-electron chi connectivity index (χ2n) is 6.85. The van der Waals surface area contributed by atoms with Crippen LogP contribution >= 0.6 is 0 Å². The maximum absolute atomic E-state index is 12.4. The Morgan fingerprint density at radius 1 is 1.21 bits per heavy atom. The molecule has 1 aromatic carbocycles. The lowest BCUT2D eigenvalue weighted by Crippen LogP contribution is -2.38. The Morgan fingerprint density at radius 3 is 2.64 bits per heavy atom. The van der Waals surface area contributed by atoms with Crippen LogP contribution in [0.25, 0.3) is 0 Å². The van der Waals surface area contributed by atoms with Crippen molar-refractivity contribution in [3.8, 4) is 5.75 Å². The third-order valence-corrected chi connectivity index (χ3v) is 4.95. The molecule has 0 saturated carbocycles. The highest BCUT2D eigenvalue weighted by molar-refractivity contribution is 5.88. The van der Waals surface area contributed by atoms with Gasteiger partial charge in [0.1, 0.15) is 5.75 Å². The molecule has 1 aliphatic rings. The number of benzene rings is 1. The van der Waals surface area contributed by atoms with Crippen molar-refractivity contribution in [3.63, 3.8) is 0 Å². The first-order valence-electron chi connectivity index (χ1n) is 9.64. The molecule has 2 heterocycles. The van der Waals surface area contributed by atoms with Gasteiger partial charge in [0.2, 0.25) is 0 Å². The van der Waals surface area contributed by atoms with Crippen LogP contribution in [0, 0.1) is 0 Å². The number of carbonyl (C=O) groups is 1. The third-order valence-electron chi connectivity index (χ3n) is 4.95. The van der Waals surface area contributed by atoms with Gasteiger partial charge < -0.3 is 20.1 Å². The van der Waals surface area contributed by atoms with E-state index in [0.29, 0.717) is 25.4 Å². The average molecular weight is 387 g/mol. The van der Waals surface area contributed by atoms with Gasteiger partial charge in [-0.25, -0.2) is 4.79 Å². The Kier molecular flexibility index (Phi) is 7.27. The maximum Gasteiger partial charge on any atom is 0.319 e. The number of carbonyl (C=O) groups excluding carboxylic acids is 1. The maximum atomic E-state index is 12.4. The number of aromatic nitrogens is 2. The van der Waals surface area contributed by atoms with E-state index >= 15 is 0 Å². The van der Waals surface area contributed by atoms with Crippen molar-refractivity contribution in [2.75, 3.05) is 45.8 Å². The molecule has 1 aliphatic heterocycles. The molecule has 1 saturated heterocycles. The molecule has 0 aliphatic carbocycles. The topological polar surface area (TPSA) is 80.6 Å². The zero-order chi connectivity index (χ0) is 19.8. The number of rotatable bonds is 9. The Morgan fingerprint density at radius 2 is 1.96 bits per heavy atom. The monoisotopic (exact) mass is 387 g/mol. The minimum absolute atomic E-state index is 0.142. The molecule has 8 heteroatoms. The predicted molar refractivity (Wildman–Crippen MR) is 108 cm³/mol. The summed E-state index contributed by atoms with van der Waals surface area (Å²) in [6.45, 7) is 3.86. The van der Waals surface area contributed by atoms with Gasteiger partial charge in [0.25, 0.3) is 0 Å². The molecule has 1 aromatic heterocycles. The fourth-order valence-corrected chi connectivity index (χ4v) is 3.44. The zero-order valence-corrected chi connectivity index (χ0v) is 16.6. The van der Waals surface area contributed by atoms with Gasteiger partial charge >= 0.3 is 6.03 Å². The van der Waals surface area contributed by atoms with Gasteiger partial charge in [-0.2, -0.15) is 5.10 Å². The number of nitrogens with zero attached hydrogens (tertiary/aromatic N) is 3. The van der Waals surface area contributed by atoms with E-state index in [1.54, 1.807) is 31.3 Å². The first-order chi connectivity index (χ1) is 13.7. The van der Waals surface area contributed by atoms with Crippen LogP contribution in [-0.2, 0) is 11.3 Å². The number of hydrogen-bond acceptors (Lipinski definition) is 5. The van der Waals surface area contributed by atoms with Crippen molar-refractivity contribution < 1.29 is 14.3 Å². The van der Waals surface area contributed by atoms with E-state index in [-0.39, 0.29) is 12.1 Å². The second-order valence-corrected chi connectivity index (χ2v) is 6.85. The standard InChI is InChI=1S/C20H29N5O3/c1-27-12-11-25-15-17(13-22-25)23-20(26)21-14-19(24-9-3-4-10-24)16-5-7-18(28-2)8-6-16/h5-8,13,15,19H,3-4,9-12,14H2,1-2H3,(H2,21,23,26). The molecular weight excluding hydrogens is 358 g/mol. The summed E-state index contributed by atoms with van der Waals surface area (Å²) in [6, 6.07) is 7.98. The Bertz CT molecular complexity index is 741. The lowest BCUT2D eigenvalue weighted by atomic mass is 10.1. The van der Waals surface area contributed by atoms with E-state index in [0.717, 1.165) is 18.8 Å². The van der Waals surface area contributed by atoms with Crippen molar-refractivity contribution >= 4 is 11.7 Å². The van der Waals surface area contributed by atoms with Crippen LogP contribution in [0.4, 0.5) is 10.5 Å². The van der Waals surface area contributed by atoms with Crippen LogP contribution in [0.15, 0.2) is 36.7 Å². The molecule has 3 rings (SSSR count). The van der Waals surface area contributed by atoms with E-state index in [2.05, 4.69) is 32.8 Å². The molecule has 0 radical (unpaired) electrons. The van der Waals surface area contributed by atoms with Crippen molar-refractivity contribution in [2.24, 2.45) is 0 Å². The molecule has 1 fully saturated rings. The number of likely N-dealkylation sites (tertiary alicyclic amines) is 1. The van der Waals surface area contributed by atoms with E-state index in [1.165, 1.54) is 18.4 Å². The van der Waals surface area contributed by atoms with E-state index in [1.807, 2.05) is 12.1 Å². The van der Waals surface area contributed by atoms with Gasteiger partial charge in [0, 0.05) is 19.9 Å². The van der Waals surface area contributed by atoms with Crippen LogP contribution in [0.2, 0.25) is 0 Å². The van der Waals surface area contributed by atoms with Gasteiger partial charge in [0.05, 0.1) is 38.2 Å². The lowest BCUT2D eigenvalue weighted by Gasteiger charge is -2.28. The summed E-state index contributed by atoms with van der Waals surface area (Å²) in [6.07, 6.45) is 5.82. The number of amides is 2. The normalized spacial score (nSPS) is 15.4. The van der Waals surface area contributed by atoms with Gasteiger partial charge in [-0.15, -0.1) is 0 Å². The summed E-state index contributed by atoms with van der Waals surface area (Å²) in [5, 5.41) is 10.0. The molecule has 1 atom stereocenters. The van der Waals surface area contributed by atoms with Gasteiger partial charge in [-0.05, 0) is 43.6 Å². The molecule has 8 nitrogen and oxygen atoms in total. The van der Waals surface area contributed by atoms with Crippen molar-refractivity contribution in [1.82, 2.24) is 20.0 Å². The SMILES string of the molecule is COCCn1cc(NC(=O)NCC(c2ccc(OC)cc2)N2CCCC2)cn1. The van der Waals surface area contributed by atoms with E-state index < -0.39 is 0 Å². The number of hydrogen-bond donors (Lipinski definition) is 2. The Labute approximate surface area is 165 Å². The Balaban J connectivity index is 1.57. The quantitative estimate of drug-likeness (QED) is 0.691. The number of urea groups is 1. The summed E-state index contributed by atoms with van der Waals surface area (Å²) in [5.74, 6) is 0.833. The zero-order valence-electron chi connectivity index (χ0n) is 16.6. The Hall–Kier alpha value is -2.58. The van der Waals surface area contributed by atoms with Crippen molar-refractivity contribution in [1.29, 1.82) is 0 Å². The van der Waals surface area contributed by atoms with Gasteiger partial charge in [-0.3, -0.25) is 9.58 Å². The minimum atomic E-state index is -0.232. The van der Waals surface area contributed by atoms with Crippen molar-refractivity contribution in [2.45, 2.75) is 25.4 Å². The summed E-state index contributed by atoms with van der Waals surface area (Å²) < 4.78 is 12.0. The number of anilines is 1. The highest BCUT2D eigenvalue weighted by Crippen LogP contribution is 2.26. The van der Waals surface area contributed by atoms with E-state index in [9.17, 15) is 4.79 Å². The second kappa shape index (κ2) is 10.1. The van der Waals surface area contributed by atoms with Gasteiger partial charge in [0.15, 0.2) is 0 Å². The molecule has 2 N–H and O–H groups in total. The summed E-state index contributed by atoms with van der Waals surface area (Å²) >= 11 is 0. The van der Waals surface area contributed by atoms with Crippen LogP contribution < -0.4 is 15.4 Å². The summed E-state index contributed by atoms with van der Waals surface area (Å²) in [5.41, 5.74) is 1.84. The molecule has 2 aromatic rings. The molecular formula is C20H29N5O3. The van der Waals surface area contributed by atoms with Crippen LogP contribution in [-0.4, -0.2) is 61.2 Å². The number of ether oxygens (including phenoxy) is 2. The van der Waals surface area contributed by atoms with Crippen molar-refractivity contribution in [3.05, 3.63) is 42.2 Å². The number of methoxy groups -OCH3 is 2. The molecule has 2 amide bonds. The molecule has 28 heavy (non-hydrogen) atoms. The van der Waals surface area contributed by atoms with E-state index in [4.69, 9.17) is 9.47 Å². The lowest BCUT2D eigenvalue weighted by molar-refractivity contribution is 0.183. The van der Waals surface area contributed by atoms with Gasteiger partial charge in [-0.1, -0.05) is 12.1 Å². The van der Waals surface area contributed by atoms with Crippen LogP contribution in [0.1, 0.15) is 24.4 Å². The highest BCUT2D eigenvalue weighted by Gasteiger charge is 2.24.